The summed E-state index contributed by atoms with van der Waals surface area (Å²) in [4.78, 5) is 4.47. The van der Waals surface area contributed by atoms with Gasteiger partial charge < -0.3 is 5.32 Å². The van der Waals surface area contributed by atoms with Gasteiger partial charge in [0.05, 0.1) is 23.1 Å². The summed E-state index contributed by atoms with van der Waals surface area (Å²) in [5, 5.41) is 21.0. The Morgan fingerprint density at radius 1 is 1.21 bits per heavy atom. The molecule has 0 unspecified atom stereocenters. The number of nitriles is 1. The Labute approximate surface area is 137 Å². The first-order chi connectivity index (χ1) is 11.7. The van der Waals surface area contributed by atoms with Gasteiger partial charge in [0.25, 0.3) is 0 Å². The van der Waals surface area contributed by atoms with E-state index in [9.17, 15) is 0 Å². The van der Waals surface area contributed by atoms with Crippen molar-refractivity contribution in [3.8, 4) is 11.8 Å². The fourth-order valence-corrected chi connectivity index (χ4v) is 2.53. The highest BCUT2D eigenvalue weighted by Crippen LogP contribution is 2.20. The number of anilines is 2. The molecular weight excluding hydrogens is 302 g/mol. The average molecular weight is 315 g/mol. The first-order valence-corrected chi connectivity index (χ1v) is 7.38. The second-order valence-corrected chi connectivity index (χ2v) is 5.31. The lowest BCUT2D eigenvalue weighted by atomic mass is 10.2. The van der Waals surface area contributed by atoms with Gasteiger partial charge in [-0.05, 0) is 36.8 Å². The number of nitrogens with zero attached hydrogens (tertiary/aromatic N) is 6. The smallest absolute Gasteiger partial charge is 0.247 e. The van der Waals surface area contributed by atoms with Crippen molar-refractivity contribution in [2.24, 2.45) is 0 Å². The third-order valence-electron chi connectivity index (χ3n) is 3.70. The molecule has 0 aliphatic rings. The van der Waals surface area contributed by atoms with E-state index in [0.29, 0.717) is 17.2 Å². The molecule has 4 aromatic rings. The van der Waals surface area contributed by atoms with Crippen LogP contribution in [0.2, 0.25) is 0 Å². The minimum atomic E-state index is 0.440. The summed E-state index contributed by atoms with van der Waals surface area (Å²) < 4.78 is 3.48. The number of para-hydroxylation sites is 1. The first-order valence-electron chi connectivity index (χ1n) is 7.38. The Hall–Kier alpha value is -3.66. The van der Waals surface area contributed by atoms with Gasteiger partial charge in [0, 0.05) is 12.4 Å². The van der Waals surface area contributed by atoms with Gasteiger partial charge in [0.2, 0.25) is 5.95 Å². The topological polar surface area (TPSA) is 83.8 Å². The standard InChI is InChI=1S/C17H13N7/c1-12-9-16-21-17(20-14-6-3-2-5-13(14)10-18)22-24(16)11-15(12)23-8-4-7-19-23/h2-9,11H,1H3,(H,20,22). The number of benzene rings is 1. The molecule has 0 aliphatic heterocycles. The number of aryl methyl sites for hydroxylation is 1. The van der Waals surface area contributed by atoms with E-state index in [1.165, 1.54) is 0 Å². The minimum Gasteiger partial charge on any atom is -0.322 e. The minimum absolute atomic E-state index is 0.440. The Balaban J connectivity index is 1.75. The number of rotatable bonds is 3. The Kier molecular flexibility index (Phi) is 3.21. The average Bonchev–Trinajstić information content (AvgIpc) is 3.23. The van der Waals surface area contributed by atoms with Gasteiger partial charge in [-0.2, -0.15) is 15.3 Å². The maximum Gasteiger partial charge on any atom is 0.247 e. The zero-order chi connectivity index (χ0) is 16.5. The zero-order valence-corrected chi connectivity index (χ0v) is 12.9. The number of pyridine rings is 1. The van der Waals surface area contributed by atoms with Crippen LogP contribution >= 0.6 is 0 Å². The predicted octanol–water partition coefficient (Wildman–Crippen LogP) is 2.84. The number of hydrogen-bond donors (Lipinski definition) is 1. The molecule has 3 aromatic heterocycles. The molecule has 1 N–H and O–H groups in total. The highest BCUT2D eigenvalue weighted by Gasteiger charge is 2.10. The normalized spacial score (nSPS) is 10.7. The van der Waals surface area contributed by atoms with Gasteiger partial charge in [-0.15, -0.1) is 5.10 Å². The third kappa shape index (κ3) is 2.36. The van der Waals surface area contributed by atoms with Gasteiger partial charge in [-0.25, -0.2) is 9.20 Å². The molecule has 0 aliphatic carbocycles. The summed E-state index contributed by atoms with van der Waals surface area (Å²) in [6.45, 7) is 2.00. The lowest BCUT2D eigenvalue weighted by Crippen LogP contribution is -2.01. The van der Waals surface area contributed by atoms with Gasteiger partial charge in [-0.3, -0.25) is 0 Å². The van der Waals surface area contributed by atoms with Crippen LogP contribution in [0, 0.1) is 18.3 Å². The van der Waals surface area contributed by atoms with Crippen molar-refractivity contribution in [3.63, 3.8) is 0 Å². The molecule has 3 heterocycles. The summed E-state index contributed by atoms with van der Waals surface area (Å²) in [6.07, 6.45) is 5.50. The van der Waals surface area contributed by atoms with E-state index in [1.54, 1.807) is 21.5 Å². The molecule has 4 rings (SSSR count). The van der Waals surface area contributed by atoms with Crippen LogP contribution < -0.4 is 5.32 Å². The molecule has 0 saturated carbocycles. The highest BCUT2D eigenvalue weighted by atomic mass is 15.4. The molecule has 0 radical (unpaired) electrons. The Morgan fingerprint density at radius 3 is 2.88 bits per heavy atom. The number of nitrogens with one attached hydrogen (secondary N) is 1. The molecule has 0 fully saturated rings. The molecule has 7 nitrogen and oxygen atoms in total. The fourth-order valence-electron chi connectivity index (χ4n) is 2.53. The lowest BCUT2D eigenvalue weighted by molar-refractivity contribution is 0.846. The van der Waals surface area contributed by atoms with Crippen molar-refractivity contribution in [2.75, 3.05) is 5.32 Å². The first kappa shape index (κ1) is 14.0. The van der Waals surface area contributed by atoms with Gasteiger partial charge in [-0.1, -0.05) is 12.1 Å². The van der Waals surface area contributed by atoms with E-state index in [1.807, 2.05) is 49.6 Å². The van der Waals surface area contributed by atoms with Crippen molar-refractivity contribution in [2.45, 2.75) is 6.92 Å². The summed E-state index contributed by atoms with van der Waals surface area (Å²) in [6, 6.07) is 13.2. The van der Waals surface area contributed by atoms with E-state index < -0.39 is 0 Å². The maximum absolute atomic E-state index is 9.17. The van der Waals surface area contributed by atoms with Gasteiger partial charge in [0.15, 0.2) is 5.65 Å². The molecule has 1 aromatic carbocycles. The van der Waals surface area contributed by atoms with E-state index in [2.05, 4.69) is 26.6 Å². The molecular formula is C17H13N7. The van der Waals surface area contributed by atoms with E-state index in [4.69, 9.17) is 5.26 Å². The molecule has 7 heteroatoms. The SMILES string of the molecule is Cc1cc2nc(Nc3ccccc3C#N)nn2cc1-n1cccn1. The van der Waals surface area contributed by atoms with Crippen LogP contribution in [-0.4, -0.2) is 24.4 Å². The summed E-state index contributed by atoms with van der Waals surface area (Å²) in [7, 11) is 0. The van der Waals surface area contributed by atoms with Crippen molar-refractivity contribution in [3.05, 3.63) is 66.1 Å². The van der Waals surface area contributed by atoms with E-state index >= 15 is 0 Å². The van der Waals surface area contributed by atoms with Crippen molar-refractivity contribution in [1.82, 2.24) is 24.4 Å². The monoisotopic (exact) mass is 315 g/mol. The van der Waals surface area contributed by atoms with Gasteiger partial charge >= 0.3 is 0 Å². The second kappa shape index (κ2) is 5.52. The van der Waals surface area contributed by atoms with Crippen LogP contribution in [0.4, 0.5) is 11.6 Å². The fraction of sp³-hybridized carbons (Fsp3) is 0.0588. The summed E-state index contributed by atoms with van der Waals surface area (Å²) in [5.41, 5.74) is 3.92. The predicted molar refractivity (Wildman–Crippen MR) is 89.3 cm³/mol. The molecule has 0 saturated heterocycles. The van der Waals surface area contributed by atoms with Crippen molar-refractivity contribution in [1.29, 1.82) is 5.26 Å². The van der Waals surface area contributed by atoms with E-state index in [-0.39, 0.29) is 0 Å². The largest absolute Gasteiger partial charge is 0.322 e. The maximum atomic E-state index is 9.17. The molecule has 0 amide bonds. The lowest BCUT2D eigenvalue weighted by Gasteiger charge is -2.05. The summed E-state index contributed by atoms with van der Waals surface area (Å²) >= 11 is 0. The van der Waals surface area contributed by atoms with Crippen LogP contribution in [0.1, 0.15) is 11.1 Å². The molecule has 24 heavy (non-hydrogen) atoms. The van der Waals surface area contributed by atoms with Crippen LogP contribution in [0.5, 0.6) is 0 Å². The zero-order valence-electron chi connectivity index (χ0n) is 12.9. The van der Waals surface area contributed by atoms with Crippen LogP contribution in [0.3, 0.4) is 0 Å². The second-order valence-electron chi connectivity index (χ2n) is 5.31. The third-order valence-corrected chi connectivity index (χ3v) is 3.70. The van der Waals surface area contributed by atoms with Crippen molar-refractivity contribution < 1.29 is 0 Å². The molecule has 0 spiro atoms. The summed E-state index contributed by atoms with van der Waals surface area (Å²) in [5.74, 6) is 0.440. The van der Waals surface area contributed by atoms with Gasteiger partial charge in [0.1, 0.15) is 6.07 Å². The van der Waals surface area contributed by atoms with Crippen LogP contribution in [0.25, 0.3) is 11.3 Å². The van der Waals surface area contributed by atoms with Crippen molar-refractivity contribution >= 4 is 17.3 Å². The number of fused-ring (bicyclic) bond motifs is 1. The van der Waals surface area contributed by atoms with Crippen LogP contribution in [0.15, 0.2) is 55.0 Å². The Morgan fingerprint density at radius 2 is 2.08 bits per heavy atom. The quantitative estimate of drug-likeness (QED) is 0.628. The van der Waals surface area contributed by atoms with Crippen LogP contribution in [-0.2, 0) is 0 Å². The number of hydrogen-bond acceptors (Lipinski definition) is 5. The van der Waals surface area contributed by atoms with E-state index in [0.717, 1.165) is 16.9 Å². The number of aromatic nitrogens is 5. The Bertz CT molecular complexity index is 1050. The molecule has 0 atom stereocenters. The highest BCUT2D eigenvalue weighted by molar-refractivity contribution is 5.64. The molecule has 116 valence electrons. The molecule has 0 bridgehead atoms.